The molecule has 1 aliphatic heterocycles. The van der Waals surface area contributed by atoms with Gasteiger partial charge in [-0.2, -0.15) is 5.10 Å². The maximum atomic E-state index is 12.1. The quantitative estimate of drug-likeness (QED) is 0.639. The number of aromatic nitrogens is 3. The summed E-state index contributed by atoms with van der Waals surface area (Å²) in [6.07, 6.45) is 2.50. The van der Waals surface area contributed by atoms with Crippen LogP contribution in [0.3, 0.4) is 0 Å². The fraction of sp³-hybridized carbons (Fsp3) is 0.133. The van der Waals surface area contributed by atoms with Gasteiger partial charge < -0.3 is 4.74 Å². The zero-order valence-electron chi connectivity index (χ0n) is 12.0. The lowest BCUT2D eigenvalue weighted by Gasteiger charge is -2.03. The van der Waals surface area contributed by atoms with Crippen molar-refractivity contribution < 1.29 is 9.53 Å². The highest BCUT2D eigenvalue weighted by molar-refractivity contribution is 7.13. The summed E-state index contributed by atoms with van der Waals surface area (Å²) in [5.41, 5.74) is 7.86. The largest absolute Gasteiger partial charge is 0.493 e. The number of ether oxygens (including phenoxy) is 1. The van der Waals surface area contributed by atoms with Gasteiger partial charge in [0.25, 0.3) is 5.91 Å². The molecule has 23 heavy (non-hydrogen) atoms. The molecule has 0 saturated carbocycles. The van der Waals surface area contributed by atoms with Gasteiger partial charge in [0, 0.05) is 23.4 Å². The summed E-state index contributed by atoms with van der Waals surface area (Å²) in [6.45, 7) is 0.726. The van der Waals surface area contributed by atoms with Crippen molar-refractivity contribution in [1.82, 2.24) is 20.6 Å². The molecule has 3 aromatic rings. The Hall–Kier alpha value is -2.87. The third-order valence-electron chi connectivity index (χ3n) is 3.48. The third kappa shape index (κ3) is 2.76. The van der Waals surface area contributed by atoms with E-state index in [0.29, 0.717) is 11.5 Å². The van der Waals surface area contributed by atoms with Gasteiger partial charge in [-0.1, -0.05) is 0 Å². The van der Waals surface area contributed by atoms with Crippen molar-refractivity contribution in [2.45, 2.75) is 6.42 Å². The molecule has 1 aromatic carbocycles. The van der Waals surface area contributed by atoms with Crippen molar-refractivity contribution in [2.75, 3.05) is 12.0 Å². The number of hydrogen-bond donors (Lipinski definition) is 3. The Kier molecular flexibility index (Phi) is 3.43. The van der Waals surface area contributed by atoms with Crippen LogP contribution in [0.1, 0.15) is 16.1 Å². The molecule has 3 N–H and O–H groups in total. The van der Waals surface area contributed by atoms with E-state index in [4.69, 9.17) is 4.74 Å². The Bertz CT molecular complexity index is 843. The number of rotatable bonds is 4. The van der Waals surface area contributed by atoms with E-state index < -0.39 is 0 Å². The summed E-state index contributed by atoms with van der Waals surface area (Å²) < 4.78 is 5.50. The number of benzene rings is 1. The van der Waals surface area contributed by atoms with E-state index in [1.165, 1.54) is 16.9 Å². The van der Waals surface area contributed by atoms with Crippen molar-refractivity contribution in [3.8, 4) is 16.3 Å². The van der Waals surface area contributed by atoms with Crippen molar-refractivity contribution in [2.24, 2.45) is 0 Å². The molecule has 0 unspecified atom stereocenters. The van der Waals surface area contributed by atoms with E-state index in [0.717, 1.165) is 29.3 Å². The number of hydrazine groups is 1. The first-order chi connectivity index (χ1) is 11.3. The first-order valence-electron chi connectivity index (χ1n) is 7.07. The average Bonchev–Trinajstić information content (AvgIpc) is 3.32. The van der Waals surface area contributed by atoms with E-state index in [1.54, 1.807) is 17.6 Å². The fourth-order valence-electron chi connectivity index (χ4n) is 2.34. The summed E-state index contributed by atoms with van der Waals surface area (Å²) in [4.78, 5) is 16.5. The first kappa shape index (κ1) is 13.8. The van der Waals surface area contributed by atoms with E-state index in [1.807, 2.05) is 12.1 Å². The lowest BCUT2D eigenvalue weighted by atomic mass is 10.1. The molecule has 0 atom stereocenters. The van der Waals surface area contributed by atoms with Crippen LogP contribution >= 0.6 is 11.3 Å². The minimum absolute atomic E-state index is 0.299. The number of thiazole rings is 1. The minimum atomic E-state index is -0.299. The van der Waals surface area contributed by atoms with Crippen LogP contribution in [0.5, 0.6) is 5.75 Å². The third-order valence-corrected chi connectivity index (χ3v) is 4.38. The summed E-state index contributed by atoms with van der Waals surface area (Å²) >= 11 is 1.44. The summed E-state index contributed by atoms with van der Waals surface area (Å²) in [5, 5.41) is 9.03. The van der Waals surface area contributed by atoms with Gasteiger partial charge in [0.05, 0.1) is 12.8 Å². The van der Waals surface area contributed by atoms with Gasteiger partial charge in [0.2, 0.25) is 0 Å². The van der Waals surface area contributed by atoms with E-state index in [2.05, 4.69) is 32.1 Å². The standard InChI is InChI=1S/C15H13N5O2S/c21-14(20-19-13-3-5-16-18-13)11-8-23-15(17-11)10-1-2-12-9(7-10)4-6-22-12/h1-3,5,7-8H,4,6H2,(H,20,21)(H2,16,18,19). The second-order valence-electron chi connectivity index (χ2n) is 5.01. The normalized spacial score (nSPS) is 12.5. The molecule has 0 fully saturated rings. The van der Waals surface area contributed by atoms with Crippen LogP contribution in [0.4, 0.5) is 5.82 Å². The number of nitrogens with one attached hydrogen (secondary N) is 3. The molecular weight excluding hydrogens is 314 g/mol. The molecule has 4 rings (SSSR count). The molecular formula is C15H13N5O2S. The number of nitrogens with zero attached hydrogens (tertiary/aromatic N) is 2. The topological polar surface area (TPSA) is 91.9 Å². The zero-order valence-corrected chi connectivity index (χ0v) is 12.8. The molecule has 3 heterocycles. The van der Waals surface area contributed by atoms with Gasteiger partial charge in [0.15, 0.2) is 0 Å². The number of carbonyl (C=O) groups excluding carboxylic acids is 1. The lowest BCUT2D eigenvalue weighted by molar-refractivity contribution is 0.0958. The monoisotopic (exact) mass is 327 g/mol. The molecule has 0 radical (unpaired) electrons. The predicted octanol–water partition coefficient (Wildman–Crippen LogP) is 2.22. The molecule has 1 amide bonds. The van der Waals surface area contributed by atoms with Gasteiger partial charge >= 0.3 is 0 Å². The number of aromatic amines is 1. The Morgan fingerprint density at radius 1 is 1.35 bits per heavy atom. The smallest absolute Gasteiger partial charge is 0.289 e. The van der Waals surface area contributed by atoms with Gasteiger partial charge in [0.1, 0.15) is 22.3 Å². The van der Waals surface area contributed by atoms with Crippen molar-refractivity contribution >= 4 is 23.1 Å². The molecule has 0 saturated heterocycles. The van der Waals surface area contributed by atoms with Gasteiger partial charge in [-0.15, -0.1) is 11.3 Å². The summed E-state index contributed by atoms with van der Waals surface area (Å²) in [7, 11) is 0. The highest BCUT2D eigenvalue weighted by Gasteiger charge is 2.16. The van der Waals surface area contributed by atoms with Gasteiger partial charge in [-0.3, -0.25) is 20.7 Å². The van der Waals surface area contributed by atoms with Crippen LogP contribution in [0, 0.1) is 0 Å². The number of hydrogen-bond acceptors (Lipinski definition) is 6. The molecule has 0 bridgehead atoms. The SMILES string of the molecule is O=C(NNc1ccn[nH]1)c1csc(-c2ccc3c(c2)CCO3)n1. The highest BCUT2D eigenvalue weighted by Crippen LogP contribution is 2.31. The van der Waals surface area contributed by atoms with Crippen LogP contribution in [0.2, 0.25) is 0 Å². The Morgan fingerprint density at radius 2 is 2.30 bits per heavy atom. The van der Waals surface area contributed by atoms with Crippen molar-refractivity contribution in [1.29, 1.82) is 0 Å². The second-order valence-corrected chi connectivity index (χ2v) is 5.87. The Morgan fingerprint density at radius 3 is 3.17 bits per heavy atom. The maximum absolute atomic E-state index is 12.1. The first-order valence-corrected chi connectivity index (χ1v) is 7.95. The minimum Gasteiger partial charge on any atom is -0.493 e. The molecule has 8 heteroatoms. The Labute approximate surface area is 135 Å². The molecule has 0 aliphatic carbocycles. The second kappa shape index (κ2) is 5.73. The van der Waals surface area contributed by atoms with Crippen molar-refractivity contribution in [3.63, 3.8) is 0 Å². The number of fused-ring (bicyclic) bond motifs is 1. The number of amides is 1. The number of carbonyl (C=O) groups is 1. The fourth-order valence-corrected chi connectivity index (χ4v) is 3.14. The zero-order chi connectivity index (χ0) is 15.6. The molecule has 116 valence electrons. The van der Waals surface area contributed by atoms with Gasteiger partial charge in [-0.25, -0.2) is 4.98 Å². The van der Waals surface area contributed by atoms with E-state index in [-0.39, 0.29) is 5.91 Å². The Balaban J connectivity index is 1.49. The van der Waals surface area contributed by atoms with E-state index in [9.17, 15) is 4.79 Å². The average molecular weight is 327 g/mol. The number of anilines is 1. The molecule has 1 aliphatic rings. The molecule has 0 spiro atoms. The van der Waals surface area contributed by atoms with Crippen LogP contribution in [-0.2, 0) is 6.42 Å². The van der Waals surface area contributed by atoms with Crippen molar-refractivity contribution in [3.05, 3.63) is 47.1 Å². The summed E-state index contributed by atoms with van der Waals surface area (Å²) in [6, 6.07) is 7.71. The molecule has 7 nitrogen and oxygen atoms in total. The maximum Gasteiger partial charge on any atom is 0.289 e. The van der Waals surface area contributed by atoms with Crippen LogP contribution in [0.15, 0.2) is 35.8 Å². The lowest BCUT2D eigenvalue weighted by Crippen LogP contribution is -2.29. The number of H-pyrrole nitrogens is 1. The van der Waals surface area contributed by atoms with Crippen LogP contribution in [-0.4, -0.2) is 27.7 Å². The van der Waals surface area contributed by atoms with Crippen LogP contribution < -0.4 is 15.6 Å². The van der Waals surface area contributed by atoms with E-state index >= 15 is 0 Å². The summed E-state index contributed by atoms with van der Waals surface area (Å²) in [5.74, 6) is 1.24. The molecule has 2 aromatic heterocycles. The van der Waals surface area contributed by atoms with Gasteiger partial charge in [-0.05, 0) is 23.8 Å². The predicted molar refractivity (Wildman–Crippen MR) is 86.4 cm³/mol. The highest BCUT2D eigenvalue weighted by atomic mass is 32.1. The van der Waals surface area contributed by atoms with Crippen LogP contribution in [0.25, 0.3) is 10.6 Å².